The average Bonchev–Trinajstić information content (AvgIpc) is 2.59. The largest absolute Gasteiger partial charge is 0.467 e. The summed E-state index contributed by atoms with van der Waals surface area (Å²) < 4.78 is 4.75. The van der Waals surface area contributed by atoms with Gasteiger partial charge in [-0.05, 0) is 11.1 Å². The van der Waals surface area contributed by atoms with Gasteiger partial charge >= 0.3 is 12.0 Å². The molecule has 0 aliphatic carbocycles. The molecule has 0 radical (unpaired) electrons. The lowest BCUT2D eigenvalue weighted by molar-refractivity contribution is -0.143. The zero-order valence-corrected chi connectivity index (χ0v) is 12.3. The second-order valence-corrected chi connectivity index (χ2v) is 4.68. The SMILES string of the molecule is COC(=O)C(NC(=O)NCc1ccccc1)c1ccccc1. The maximum absolute atomic E-state index is 12.0. The van der Waals surface area contributed by atoms with Crippen LogP contribution < -0.4 is 10.6 Å². The molecule has 114 valence electrons. The van der Waals surface area contributed by atoms with Gasteiger partial charge in [0.15, 0.2) is 6.04 Å². The van der Waals surface area contributed by atoms with E-state index >= 15 is 0 Å². The Morgan fingerprint density at radius 3 is 2.18 bits per heavy atom. The fourth-order valence-electron chi connectivity index (χ4n) is 2.00. The van der Waals surface area contributed by atoms with Crippen LogP contribution in [0.2, 0.25) is 0 Å². The molecular weight excluding hydrogens is 280 g/mol. The van der Waals surface area contributed by atoms with Crippen molar-refractivity contribution in [2.45, 2.75) is 12.6 Å². The molecule has 0 aromatic heterocycles. The molecule has 5 nitrogen and oxygen atoms in total. The van der Waals surface area contributed by atoms with Crippen molar-refractivity contribution in [2.75, 3.05) is 7.11 Å². The van der Waals surface area contributed by atoms with Gasteiger partial charge in [-0.1, -0.05) is 60.7 Å². The number of hydrogen-bond donors (Lipinski definition) is 2. The lowest BCUT2D eigenvalue weighted by atomic mass is 10.1. The fourth-order valence-corrected chi connectivity index (χ4v) is 2.00. The molecule has 2 rings (SSSR count). The second kappa shape index (κ2) is 7.83. The van der Waals surface area contributed by atoms with Crippen molar-refractivity contribution >= 4 is 12.0 Å². The smallest absolute Gasteiger partial charge is 0.333 e. The molecule has 0 saturated heterocycles. The Morgan fingerprint density at radius 1 is 1.00 bits per heavy atom. The zero-order chi connectivity index (χ0) is 15.8. The number of hydrogen-bond acceptors (Lipinski definition) is 3. The van der Waals surface area contributed by atoms with Gasteiger partial charge in [0.05, 0.1) is 7.11 Å². The van der Waals surface area contributed by atoms with Crippen LogP contribution in [0, 0.1) is 0 Å². The van der Waals surface area contributed by atoms with Crippen molar-refractivity contribution in [3.8, 4) is 0 Å². The minimum absolute atomic E-state index is 0.384. The van der Waals surface area contributed by atoms with Gasteiger partial charge in [-0.3, -0.25) is 0 Å². The summed E-state index contributed by atoms with van der Waals surface area (Å²) in [5, 5.41) is 5.35. The van der Waals surface area contributed by atoms with Crippen LogP contribution in [0.4, 0.5) is 4.79 Å². The standard InChI is InChI=1S/C17H18N2O3/c1-22-16(20)15(14-10-6-3-7-11-14)19-17(21)18-12-13-8-4-2-5-9-13/h2-11,15H,12H2,1H3,(H2,18,19,21). The molecule has 1 atom stereocenters. The monoisotopic (exact) mass is 298 g/mol. The first-order chi connectivity index (χ1) is 10.7. The van der Waals surface area contributed by atoms with Crippen LogP contribution in [0.15, 0.2) is 60.7 Å². The number of amides is 2. The molecule has 22 heavy (non-hydrogen) atoms. The minimum atomic E-state index is -0.832. The highest BCUT2D eigenvalue weighted by atomic mass is 16.5. The molecular formula is C17H18N2O3. The molecule has 1 unspecified atom stereocenters. The molecule has 0 aliphatic rings. The first-order valence-corrected chi connectivity index (χ1v) is 6.92. The molecule has 2 N–H and O–H groups in total. The number of benzene rings is 2. The van der Waals surface area contributed by atoms with Crippen molar-refractivity contribution in [3.05, 3.63) is 71.8 Å². The third-order valence-corrected chi connectivity index (χ3v) is 3.14. The molecule has 0 bridgehead atoms. The zero-order valence-electron chi connectivity index (χ0n) is 12.3. The summed E-state index contributed by atoms with van der Waals surface area (Å²) in [6.07, 6.45) is 0. The topological polar surface area (TPSA) is 67.4 Å². The van der Waals surface area contributed by atoms with Gasteiger partial charge in [0.2, 0.25) is 0 Å². The first kappa shape index (κ1) is 15.6. The van der Waals surface area contributed by atoms with Gasteiger partial charge in [0, 0.05) is 6.54 Å². The molecule has 2 amide bonds. The van der Waals surface area contributed by atoms with Crippen LogP contribution in [0.25, 0.3) is 0 Å². The van der Waals surface area contributed by atoms with E-state index in [1.54, 1.807) is 24.3 Å². The van der Waals surface area contributed by atoms with Crippen molar-refractivity contribution in [1.29, 1.82) is 0 Å². The number of nitrogens with one attached hydrogen (secondary N) is 2. The maximum atomic E-state index is 12.0. The van der Waals surface area contributed by atoms with Crippen molar-refractivity contribution in [1.82, 2.24) is 10.6 Å². The molecule has 0 fully saturated rings. The van der Waals surface area contributed by atoms with Crippen LogP contribution >= 0.6 is 0 Å². The van der Waals surface area contributed by atoms with E-state index in [1.165, 1.54) is 7.11 Å². The molecule has 5 heteroatoms. The van der Waals surface area contributed by atoms with E-state index in [-0.39, 0.29) is 0 Å². The van der Waals surface area contributed by atoms with Crippen LogP contribution in [0.5, 0.6) is 0 Å². The minimum Gasteiger partial charge on any atom is -0.467 e. The van der Waals surface area contributed by atoms with E-state index in [4.69, 9.17) is 4.74 Å². The summed E-state index contributed by atoms with van der Waals surface area (Å²) >= 11 is 0. The number of esters is 1. The highest BCUT2D eigenvalue weighted by molar-refractivity contribution is 5.84. The van der Waals surface area contributed by atoms with E-state index in [0.717, 1.165) is 5.56 Å². The molecule has 2 aromatic rings. The number of carbonyl (C=O) groups excluding carboxylic acids is 2. The third-order valence-electron chi connectivity index (χ3n) is 3.14. The lowest BCUT2D eigenvalue weighted by Gasteiger charge is -2.17. The highest BCUT2D eigenvalue weighted by Crippen LogP contribution is 2.13. The van der Waals surface area contributed by atoms with E-state index in [0.29, 0.717) is 12.1 Å². The Hall–Kier alpha value is -2.82. The summed E-state index contributed by atoms with van der Waals surface area (Å²) in [6.45, 7) is 0.384. The van der Waals surface area contributed by atoms with Gasteiger partial charge in [-0.15, -0.1) is 0 Å². The number of methoxy groups -OCH3 is 1. The van der Waals surface area contributed by atoms with Crippen molar-refractivity contribution in [2.24, 2.45) is 0 Å². The van der Waals surface area contributed by atoms with Gasteiger partial charge in [-0.25, -0.2) is 9.59 Å². The quantitative estimate of drug-likeness (QED) is 0.833. The molecule has 0 aliphatic heterocycles. The van der Waals surface area contributed by atoms with Gasteiger partial charge in [0.25, 0.3) is 0 Å². The van der Waals surface area contributed by atoms with Crippen molar-refractivity contribution < 1.29 is 14.3 Å². The summed E-state index contributed by atoms with van der Waals surface area (Å²) in [7, 11) is 1.29. The Balaban J connectivity index is 1.98. The van der Waals surface area contributed by atoms with Crippen LogP contribution in [0.3, 0.4) is 0 Å². The number of ether oxygens (including phenoxy) is 1. The summed E-state index contributed by atoms with van der Waals surface area (Å²) in [4.78, 5) is 23.8. The van der Waals surface area contributed by atoms with Gasteiger partial charge < -0.3 is 15.4 Å². The second-order valence-electron chi connectivity index (χ2n) is 4.68. The average molecular weight is 298 g/mol. The van der Waals surface area contributed by atoms with Gasteiger partial charge in [-0.2, -0.15) is 0 Å². The molecule has 2 aromatic carbocycles. The van der Waals surface area contributed by atoms with Crippen LogP contribution in [-0.4, -0.2) is 19.1 Å². The Kier molecular flexibility index (Phi) is 5.54. The van der Waals surface area contributed by atoms with Crippen LogP contribution in [0.1, 0.15) is 17.2 Å². The summed E-state index contributed by atoms with van der Waals surface area (Å²) in [5.41, 5.74) is 1.65. The number of carbonyl (C=O) groups is 2. The van der Waals surface area contributed by atoms with E-state index in [1.807, 2.05) is 36.4 Å². The third kappa shape index (κ3) is 4.34. The predicted octanol–water partition coefficient (Wildman–Crippen LogP) is 2.40. The molecule has 0 spiro atoms. The fraction of sp³-hybridized carbons (Fsp3) is 0.176. The predicted molar refractivity (Wildman–Crippen MR) is 83.0 cm³/mol. The normalized spacial score (nSPS) is 11.3. The lowest BCUT2D eigenvalue weighted by Crippen LogP contribution is -2.41. The van der Waals surface area contributed by atoms with Gasteiger partial charge in [0.1, 0.15) is 0 Å². The van der Waals surface area contributed by atoms with E-state index < -0.39 is 18.0 Å². The number of urea groups is 1. The van der Waals surface area contributed by atoms with Crippen LogP contribution in [-0.2, 0) is 16.1 Å². The molecule has 0 saturated carbocycles. The Bertz CT molecular complexity index is 614. The molecule has 0 heterocycles. The first-order valence-electron chi connectivity index (χ1n) is 6.92. The van der Waals surface area contributed by atoms with E-state index in [9.17, 15) is 9.59 Å². The maximum Gasteiger partial charge on any atom is 0.333 e. The Morgan fingerprint density at radius 2 is 1.59 bits per heavy atom. The Labute approximate surface area is 129 Å². The van der Waals surface area contributed by atoms with Crippen molar-refractivity contribution in [3.63, 3.8) is 0 Å². The number of rotatable bonds is 5. The highest BCUT2D eigenvalue weighted by Gasteiger charge is 2.23. The summed E-state index contributed by atoms with van der Waals surface area (Å²) in [5.74, 6) is -0.513. The summed E-state index contributed by atoms with van der Waals surface area (Å²) in [6, 6.07) is 17.2. The van der Waals surface area contributed by atoms with E-state index in [2.05, 4.69) is 10.6 Å².